The predicted molar refractivity (Wildman–Crippen MR) is 125 cm³/mol. The topological polar surface area (TPSA) is 48.0 Å². The number of benzene rings is 2. The summed E-state index contributed by atoms with van der Waals surface area (Å²) >= 11 is 6.58. The second kappa shape index (κ2) is 10.8. The van der Waals surface area contributed by atoms with E-state index in [0.29, 0.717) is 29.0 Å². The molecule has 0 saturated carbocycles. The van der Waals surface area contributed by atoms with E-state index in [1.165, 1.54) is 11.8 Å². The van der Waals surface area contributed by atoms with Crippen molar-refractivity contribution in [2.75, 3.05) is 26.9 Å². The number of thioether (sulfide) groups is 1. The smallest absolute Gasteiger partial charge is 0.266 e. The summed E-state index contributed by atoms with van der Waals surface area (Å²) in [6.07, 6.45) is 4.21. The Bertz CT molecular complexity index is 940. The number of hydrogen-bond donors (Lipinski definition) is 0. The molecule has 3 rings (SSSR count). The third kappa shape index (κ3) is 5.64. The van der Waals surface area contributed by atoms with Gasteiger partial charge in [0, 0.05) is 18.5 Å². The fourth-order valence-corrected chi connectivity index (χ4v) is 4.03. The summed E-state index contributed by atoms with van der Waals surface area (Å²) in [6, 6.07) is 15.1. The second-order valence-electron chi connectivity index (χ2n) is 6.34. The Morgan fingerprint density at radius 2 is 1.77 bits per heavy atom. The molecule has 0 atom stereocenters. The maximum Gasteiger partial charge on any atom is 0.266 e. The monoisotopic (exact) mass is 441 g/mol. The number of hydrogen-bond acceptors (Lipinski definition) is 6. The Kier molecular flexibility index (Phi) is 7.93. The Balaban J connectivity index is 1.54. The number of amides is 1. The van der Waals surface area contributed by atoms with E-state index in [1.807, 2.05) is 54.6 Å². The number of carbonyl (C=O) groups is 1. The quantitative estimate of drug-likeness (QED) is 0.226. The summed E-state index contributed by atoms with van der Waals surface area (Å²) in [6.45, 7) is 5.12. The molecule has 0 N–H and O–H groups in total. The van der Waals surface area contributed by atoms with Crippen molar-refractivity contribution in [2.45, 2.75) is 6.42 Å². The molecule has 0 spiro atoms. The van der Waals surface area contributed by atoms with Gasteiger partial charge >= 0.3 is 0 Å². The lowest BCUT2D eigenvalue weighted by atomic mass is 10.2. The lowest BCUT2D eigenvalue weighted by Crippen LogP contribution is -2.27. The van der Waals surface area contributed by atoms with Crippen molar-refractivity contribution in [3.8, 4) is 17.2 Å². The molecule has 1 aliphatic heterocycles. The predicted octanol–water partition coefficient (Wildman–Crippen LogP) is 4.93. The summed E-state index contributed by atoms with van der Waals surface area (Å²) < 4.78 is 17.3. The Morgan fingerprint density at radius 3 is 2.50 bits per heavy atom. The largest absolute Gasteiger partial charge is 0.497 e. The van der Waals surface area contributed by atoms with Crippen LogP contribution in [0.5, 0.6) is 17.2 Å². The number of ether oxygens (including phenoxy) is 3. The van der Waals surface area contributed by atoms with Gasteiger partial charge in [0.1, 0.15) is 21.6 Å². The molecule has 0 radical (unpaired) electrons. The van der Waals surface area contributed by atoms with Gasteiger partial charge in [-0.05, 0) is 36.4 Å². The minimum atomic E-state index is -0.104. The zero-order chi connectivity index (χ0) is 21.3. The molecule has 0 unspecified atom stereocenters. The molecular formula is C23H23NO4S2. The van der Waals surface area contributed by atoms with Crippen LogP contribution in [0.3, 0.4) is 0 Å². The Labute approximate surface area is 186 Å². The van der Waals surface area contributed by atoms with Gasteiger partial charge in [0.15, 0.2) is 0 Å². The zero-order valence-electron chi connectivity index (χ0n) is 16.7. The maximum absolute atomic E-state index is 12.5. The molecular weight excluding hydrogens is 418 g/mol. The van der Waals surface area contributed by atoms with Gasteiger partial charge in [0.05, 0.1) is 25.2 Å². The van der Waals surface area contributed by atoms with Gasteiger partial charge in [0.2, 0.25) is 0 Å². The van der Waals surface area contributed by atoms with E-state index in [2.05, 4.69) is 6.58 Å². The van der Waals surface area contributed by atoms with E-state index >= 15 is 0 Å². The fraction of sp³-hybridized carbons (Fsp3) is 0.217. The maximum atomic E-state index is 12.5. The van der Waals surface area contributed by atoms with Crippen LogP contribution in [-0.4, -0.2) is 42.0 Å². The van der Waals surface area contributed by atoms with Crippen LogP contribution in [0, 0.1) is 0 Å². The molecule has 2 aromatic rings. The SMILES string of the molecule is C=CCN1C(=O)/C(=C\c2ccccc2OCCCOc2ccc(OC)cc2)SC1=S. The van der Waals surface area contributed by atoms with Gasteiger partial charge in [-0.1, -0.05) is 48.3 Å². The molecule has 7 heteroatoms. The van der Waals surface area contributed by atoms with Crippen LogP contribution >= 0.6 is 24.0 Å². The van der Waals surface area contributed by atoms with Crippen LogP contribution < -0.4 is 14.2 Å². The average Bonchev–Trinajstić information content (AvgIpc) is 3.03. The average molecular weight is 442 g/mol. The first-order chi connectivity index (χ1) is 14.6. The van der Waals surface area contributed by atoms with Crippen LogP contribution in [0.4, 0.5) is 0 Å². The van der Waals surface area contributed by atoms with Crippen molar-refractivity contribution >= 4 is 40.3 Å². The normalized spacial score (nSPS) is 14.8. The van der Waals surface area contributed by atoms with Crippen LogP contribution in [0.1, 0.15) is 12.0 Å². The molecule has 0 aromatic heterocycles. The van der Waals surface area contributed by atoms with Crippen molar-refractivity contribution in [3.05, 3.63) is 71.7 Å². The van der Waals surface area contributed by atoms with Crippen molar-refractivity contribution in [1.82, 2.24) is 4.90 Å². The lowest BCUT2D eigenvalue weighted by molar-refractivity contribution is -0.121. The standard InChI is InChI=1S/C23H23NO4S2/c1-3-13-24-22(25)21(30-23(24)29)16-17-7-4-5-8-20(17)28-15-6-14-27-19-11-9-18(26-2)10-12-19/h3-5,7-12,16H,1,6,13-15H2,2H3/b21-16+. The van der Waals surface area contributed by atoms with Crippen molar-refractivity contribution in [2.24, 2.45) is 0 Å². The van der Waals surface area contributed by atoms with E-state index < -0.39 is 0 Å². The zero-order valence-corrected chi connectivity index (χ0v) is 18.3. The molecule has 1 heterocycles. The Hall–Kier alpha value is -2.77. The third-order valence-corrected chi connectivity index (χ3v) is 5.64. The van der Waals surface area contributed by atoms with Gasteiger partial charge in [-0.3, -0.25) is 9.69 Å². The number of carbonyl (C=O) groups excluding carboxylic acids is 1. The Morgan fingerprint density at radius 1 is 1.07 bits per heavy atom. The fourth-order valence-electron chi connectivity index (χ4n) is 2.76. The van der Waals surface area contributed by atoms with Crippen LogP contribution in [0.2, 0.25) is 0 Å². The summed E-state index contributed by atoms with van der Waals surface area (Å²) in [5.41, 5.74) is 0.840. The summed E-state index contributed by atoms with van der Waals surface area (Å²) in [5.74, 6) is 2.20. The van der Waals surface area contributed by atoms with Gasteiger partial charge in [-0.2, -0.15) is 0 Å². The highest BCUT2D eigenvalue weighted by Gasteiger charge is 2.31. The van der Waals surface area contributed by atoms with E-state index in [4.69, 9.17) is 26.4 Å². The second-order valence-corrected chi connectivity index (χ2v) is 8.02. The molecule has 30 heavy (non-hydrogen) atoms. The van der Waals surface area contributed by atoms with Crippen LogP contribution in [-0.2, 0) is 4.79 Å². The molecule has 1 fully saturated rings. The van der Waals surface area contributed by atoms with E-state index in [9.17, 15) is 4.79 Å². The molecule has 1 saturated heterocycles. The summed E-state index contributed by atoms with van der Waals surface area (Å²) in [7, 11) is 1.63. The van der Waals surface area contributed by atoms with Crippen molar-refractivity contribution in [1.29, 1.82) is 0 Å². The minimum Gasteiger partial charge on any atom is -0.497 e. The number of methoxy groups -OCH3 is 1. The number of rotatable bonds is 10. The molecule has 5 nitrogen and oxygen atoms in total. The van der Waals surface area contributed by atoms with Crippen LogP contribution in [0.15, 0.2) is 66.1 Å². The number of para-hydroxylation sites is 1. The van der Waals surface area contributed by atoms with Crippen LogP contribution in [0.25, 0.3) is 6.08 Å². The highest BCUT2D eigenvalue weighted by Crippen LogP contribution is 2.34. The highest BCUT2D eigenvalue weighted by molar-refractivity contribution is 8.26. The first kappa shape index (κ1) is 21.9. The third-order valence-electron chi connectivity index (χ3n) is 4.27. The summed E-state index contributed by atoms with van der Waals surface area (Å²) in [4.78, 5) is 14.7. The van der Waals surface area contributed by atoms with E-state index in [0.717, 1.165) is 29.2 Å². The van der Waals surface area contributed by atoms with E-state index in [1.54, 1.807) is 18.1 Å². The first-order valence-electron chi connectivity index (χ1n) is 9.47. The minimum absolute atomic E-state index is 0.104. The molecule has 0 aliphatic carbocycles. The van der Waals surface area contributed by atoms with Gasteiger partial charge < -0.3 is 14.2 Å². The van der Waals surface area contributed by atoms with Gasteiger partial charge in [-0.15, -0.1) is 6.58 Å². The number of nitrogens with zero attached hydrogens (tertiary/aromatic N) is 1. The highest BCUT2D eigenvalue weighted by atomic mass is 32.2. The lowest BCUT2D eigenvalue weighted by Gasteiger charge is -2.11. The first-order valence-corrected chi connectivity index (χ1v) is 10.7. The summed E-state index contributed by atoms with van der Waals surface area (Å²) in [5, 5.41) is 0. The van der Waals surface area contributed by atoms with Crippen molar-refractivity contribution < 1.29 is 19.0 Å². The molecule has 156 valence electrons. The number of thiocarbonyl (C=S) groups is 1. The van der Waals surface area contributed by atoms with E-state index in [-0.39, 0.29) is 5.91 Å². The molecule has 0 bridgehead atoms. The van der Waals surface area contributed by atoms with Gasteiger partial charge in [-0.25, -0.2) is 0 Å². The molecule has 1 aliphatic rings. The molecule has 1 amide bonds. The van der Waals surface area contributed by atoms with Crippen molar-refractivity contribution in [3.63, 3.8) is 0 Å². The molecule has 2 aromatic carbocycles. The van der Waals surface area contributed by atoms with Gasteiger partial charge in [0.25, 0.3) is 5.91 Å².